The zero-order valence-electron chi connectivity index (χ0n) is 4.99. The summed E-state index contributed by atoms with van der Waals surface area (Å²) in [4.78, 5) is 0. The Morgan fingerprint density at radius 2 is 2.33 bits per heavy atom. The van der Waals surface area contributed by atoms with Crippen molar-refractivity contribution in [1.82, 2.24) is 0 Å². The van der Waals surface area contributed by atoms with Crippen LogP contribution in [-0.2, 0) is 4.74 Å². The maximum absolute atomic E-state index is 8.86. The van der Waals surface area contributed by atoms with Gasteiger partial charge in [0.05, 0.1) is 12.7 Å². The highest BCUT2D eigenvalue weighted by atomic mass is 32.2. The van der Waals surface area contributed by atoms with Crippen LogP contribution in [0, 0.1) is 0 Å². The minimum atomic E-state index is -0.680. The molecule has 0 aliphatic carbocycles. The predicted octanol–water partition coefficient (Wildman–Crippen LogP) is -0.571. The highest BCUT2D eigenvalue weighted by Crippen LogP contribution is 2.15. The molecule has 9 heavy (non-hydrogen) atoms. The van der Waals surface area contributed by atoms with E-state index in [0.717, 1.165) is 5.75 Å². The summed E-state index contributed by atoms with van der Waals surface area (Å²) in [5, 5.41) is 17.4. The number of thioether (sulfide) groups is 1. The van der Waals surface area contributed by atoms with Gasteiger partial charge in [0.2, 0.25) is 0 Å². The van der Waals surface area contributed by atoms with E-state index in [9.17, 15) is 0 Å². The van der Waals surface area contributed by atoms with E-state index in [1.807, 2.05) is 0 Å². The molecule has 1 rings (SSSR count). The van der Waals surface area contributed by atoms with E-state index in [1.54, 1.807) is 11.8 Å². The molecular weight excluding hydrogens is 140 g/mol. The lowest BCUT2D eigenvalue weighted by molar-refractivity contribution is -0.129. The lowest BCUT2D eigenvalue weighted by Crippen LogP contribution is -2.33. The van der Waals surface area contributed by atoms with Crippen LogP contribution in [0.3, 0.4) is 0 Å². The fourth-order valence-corrected chi connectivity index (χ4v) is 1.56. The molecule has 2 N–H and O–H groups in total. The maximum Gasteiger partial charge on any atom is 0.164 e. The molecule has 0 saturated carbocycles. The van der Waals surface area contributed by atoms with Crippen LogP contribution in [0.1, 0.15) is 0 Å². The first-order valence-corrected chi connectivity index (χ1v) is 4.00. The van der Waals surface area contributed by atoms with Gasteiger partial charge in [0.1, 0.15) is 0 Å². The fourth-order valence-electron chi connectivity index (χ4n) is 0.697. The SMILES string of the molecule is OC[C@@H]1CSCC(O)O1. The molecule has 0 amide bonds. The number of hydrogen-bond acceptors (Lipinski definition) is 4. The smallest absolute Gasteiger partial charge is 0.164 e. The van der Waals surface area contributed by atoms with E-state index in [-0.39, 0.29) is 12.7 Å². The van der Waals surface area contributed by atoms with Crippen molar-refractivity contribution >= 4 is 11.8 Å². The lowest BCUT2D eigenvalue weighted by atomic mass is 10.4. The van der Waals surface area contributed by atoms with Gasteiger partial charge in [0.25, 0.3) is 0 Å². The average Bonchev–Trinajstić information content (AvgIpc) is 1.88. The van der Waals surface area contributed by atoms with Crippen LogP contribution in [0.15, 0.2) is 0 Å². The Hall–Kier alpha value is 0.230. The minimum absolute atomic E-state index is 0.00403. The summed E-state index contributed by atoms with van der Waals surface area (Å²) >= 11 is 1.60. The van der Waals surface area contributed by atoms with Gasteiger partial charge < -0.3 is 14.9 Å². The molecule has 0 bridgehead atoms. The monoisotopic (exact) mass is 150 g/mol. The van der Waals surface area contributed by atoms with Crippen molar-refractivity contribution in [3.05, 3.63) is 0 Å². The summed E-state index contributed by atoms with van der Waals surface area (Å²) in [5.41, 5.74) is 0. The van der Waals surface area contributed by atoms with E-state index < -0.39 is 6.29 Å². The van der Waals surface area contributed by atoms with Gasteiger partial charge in [-0.05, 0) is 0 Å². The zero-order valence-corrected chi connectivity index (χ0v) is 5.80. The van der Waals surface area contributed by atoms with Crippen molar-refractivity contribution < 1.29 is 14.9 Å². The summed E-state index contributed by atoms with van der Waals surface area (Å²) < 4.78 is 4.92. The van der Waals surface area contributed by atoms with Gasteiger partial charge in [-0.3, -0.25) is 0 Å². The summed E-state index contributed by atoms with van der Waals surface area (Å²) in [5.74, 6) is 1.41. The van der Waals surface area contributed by atoms with Crippen molar-refractivity contribution in [2.24, 2.45) is 0 Å². The molecule has 1 unspecified atom stereocenters. The molecule has 0 aromatic rings. The Morgan fingerprint density at radius 3 is 2.78 bits per heavy atom. The summed E-state index contributed by atoms with van der Waals surface area (Å²) in [6, 6.07) is 0. The summed E-state index contributed by atoms with van der Waals surface area (Å²) in [7, 11) is 0. The van der Waals surface area contributed by atoms with Gasteiger partial charge in [-0.25, -0.2) is 0 Å². The van der Waals surface area contributed by atoms with Crippen molar-refractivity contribution in [3.63, 3.8) is 0 Å². The van der Waals surface area contributed by atoms with Crippen molar-refractivity contribution in [2.45, 2.75) is 12.4 Å². The van der Waals surface area contributed by atoms with Crippen molar-refractivity contribution in [3.8, 4) is 0 Å². The molecule has 1 saturated heterocycles. The van der Waals surface area contributed by atoms with Crippen LogP contribution in [0.2, 0.25) is 0 Å². The molecule has 4 heteroatoms. The Labute approximate surface area is 58.0 Å². The van der Waals surface area contributed by atoms with Gasteiger partial charge in [0, 0.05) is 11.5 Å². The third-order valence-corrected chi connectivity index (χ3v) is 2.25. The topological polar surface area (TPSA) is 49.7 Å². The molecule has 0 radical (unpaired) electrons. The summed E-state index contributed by atoms with van der Waals surface area (Å²) in [6.07, 6.45) is -0.848. The number of ether oxygens (including phenoxy) is 1. The van der Waals surface area contributed by atoms with Crippen LogP contribution in [0.4, 0.5) is 0 Å². The Balaban J connectivity index is 2.23. The number of hydrogen-bond donors (Lipinski definition) is 2. The third kappa shape index (κ3) is 2.14. The summed E-state index contributed by atoms with van der Waals surface area (Å²) in [6.45, 7) is 0.00403. The second-order valence-corrected chi connectivity index (χ2v) is 3.01. The van der Waals surface area contributed by atoms with Gasteiger partial charge in [-0.1, -0.05) is 0 Å². The Kier molecular flexibility index (Phi) is 2.78. The van der Waals surface area contributed by atoms with Crippen molar-refractivity contribution in [2.75, 3.05) is 18.1 Å². The molecule has 1 heterocycles. The van der Waals surface area contributed by atoms with E-state index in [2.05, 4.69) is 0 Å². The minimum Gasteiger partial charge on any atom is -0.394 e. The number of rotatable bonds is 1. The van der Waals surface area contributed by atoms with E-state index in [1.165, 1.54) is 0 Å². The van der Waals surface area contributed by atoms with E-state index >= 15 is 0 Å². The highest BCUT2D eigenvalue weighted by molar-refractivity contribution is 7.99. The zero-order chi connectivity index (χ0) is 6.69. The number of aliphatic hydroxyl groups excluding tert-OH is 2. The molecule has 1 fully saturated rings. The molecule has 54 valence electrons. The average molecular weight is 150 g/mol. The Bertz CT molecular complexity index is 88.3. The van der Waals surface area contributed by atoms with Gasteiger partial charge >= 0.3 is 0 Å². The van der Waals surface area contributed by atoms with Crippen LogP contribution in [0.5, 0.6) is 0 Å². The first kappa shape index (κ1) is 7.34. The molecule has 2 atom stereocenters. The van der Waals surface area contributed by atoms with Crippen LogP contribution < -0.4 is 0 Å². The third-order valence-electron chi connectivity index (χ3n) is 1.12. The van der Waals surface area contributed by atoms with Gasteiger partial charge in [0.15, 0.2) is 6.29 Å². The Morgan fingerprint density at radius 1 is 1.56 bits per heavy atom. The van der Waals surface area contributed by atoms with Crippen LogP contribution in [-0.4, -0.2) is 40.7 Å². The molecular formula is C5H10O3S. The van der Waals surface area contributed by atoms with E-state index in [4.69, 9.17) is 14.9 Å². The largest absolute Gasteiger partial charge is 0.394 e. The van der Waals surface area contributed by atoms with Gasteiger partial charge in [-0.2, -0.15) is 11.8 Å². The molecule has 1 aliphatic rings. The highest BCUT2D eigenvalue weighted by Gasteiger charge is 2.19. The molecule has 1 aliphatic heterocycles. The molecule has 0 aromatic carbocycles. The normalized spacial score (nSPS) is 36.7. The molecule has 0 aromatic heterocycles. The fraction of sp³-hybridized carbons (Fsp3) is 1.00. The molecule has 0 spiro atoms. The van der Waals surface area contributed by atoms with Crippen LogP contribution in [0.25, 0.3) is 0 Å². The second-order valence-electron chi connectivity index (χ2n) is 1.93. The van der Waals surface area contributed by atoms with Crippen LogP contribution >= 0.6 is 11.8 Å². The quantitative estimate of drug-likeness (QED) is 0.525. The first-order valence-electron chi connectivity index (χ1n) is 2.85. The van der Waals surface area contributed by atoms with E-state index in [0.29, 0.717) is 5.75 Å². The van der Waals surface area contributed by atoms with Gasteiger partial charge in [-0.15, -0.1) is 0 Å². The first-order chi connectivity index (χ1) is 4.33. The number of aliphatic hydroxyl groups is 2. The maximum atomic E-state index is 8.86. The molecule has 3 nitrogen and oxygen atoms in total. The standard InChI is InChI=1S/C5H10O3S/c6-1-4-2-9-3-5(7)8-4/h4-7H,1-3H2/t4-,5?/m1/s1. The predicted molar refractivity (Wildman–Crippen MR) is 35.3 cm³/mol. The lowest BCUT2D eigenvalue weighted by Gasteiger charge is -2.24. The van der Waals surface area contributed by atoms with Crippen molar-refractivity contribution in [1.29, 1.82) is 0 Å². The second kappa shape index (κ2) is 3.41.